The summed E-state index contributed by atoms with van der Waals surface area (Å²) in [6, 6.07) is 8.36. The van der Waals surface area contributed by atoms with Crippen molar-refractivity contribution in [3.63, 3.8) is 0 Å². The fourth-order valence-electron chi connectivity index (χ4n) is 5.40. The molecule has 0 aliphatic heterocycles. The lowest BCUT2D eigenvalue weighted by molar-refractivity contribution is -0.116. The standard InChI is InChI=1S/C32H52N2O3S/c1-6-9-10-11-12-13-14-15-16-20-23-33-31(35)30(38(36,37)29-21-18-17-19-22-29)27-24-28(34(7-2)8-3)26-32(4,5)25-27/h17-19,21-22,24H,6-16,20,23,25-26H2,1-5H3,(H,33,35)/b30-27-. The van der Waals surface area contributed by atoms with Crippen molar-refractivity contribution in [1.82, 2.24) is 10.2 Å². The van der Waals surface area contributed by atoms with Gasteiger partial charge in [0.25, 0.3) is 5.91 Å². The van der Waals surface area contributed by atoms with Gasteiger partial charge in [0.15, 0.2) is 0 Å². The van der Waals surface area contributed by atoms with E-state index in [1.807, 2.05) is 6.08 Å². The summed E-state index contributed by atoms with van der Waals surface area (Å²) in [5.74, 6) is -0.479. The van der Waals surface area contributed by atoms with Gasteiger partial charge in [0.1, 0.15) is 4.91 Å². The average molecular weight is 545 g/mol. The van der Waals surface area contributed by atoms with Gasteiger partial charge < -0.3 is 10.2 Å². The zero-order valence-corrected chi connectivity index (χ0v) is 25.5. The van der Waals surface area contributed by atoms with Crippen LogP contribution in [0.3, 0.4) is 0 Å². The van der Waals surface area contributed by atoms with E-state index in [-0.39, 0.29) is 15.2 Å². The van der Waals surface area contributed by atoms with Crippen LogP contribution in [0.25, 0.3) is 0 Å². The molecule has 1 amide bonds. The molecule has 0 saturated carbocycles. The Morgan fingerprint density at radius 2 is 1.39 bits per heavy atom. The molecule has 1 aromatic carbocycles. The van der Waals surface area contributed by atoms with Crippen molar-refractivity contribution in [3.8, 4) is 0 Å². The zero-order chi connectivity index (χ0) is 28.0. The Balaban J connectivity index is 2.17. The highest BCUT2D eigenvalue weighted by Crippen LogP contribution is 2.41. The van der Waals surface area contributed by atoms with Crippen molar-refractivity contribution in [2.24, 2.45) is 5.41 Å². The normalized spacial score (nSPS) is 16.6. The molecule has 6 heteroatoms. The minimum Gasteiger partial charge on any atom is -0.375 e. The summed E-state index contributed by atoms with van der Waals surface area (Å²) in [6.07, 6.45) is 15.5. The minimum absolute atomic E-state index is 0.0896. The number of rotatable bonds is 17. The van der Waals surface area contributed by atoms with E-state index in [2.05, 4.69) is 44.8 Å². The third kappa shape index (κ3) is 9.91. The van der Waals surface area contributed by atoms with Gasteiger partial charge in [-0.25, -0.2) is 8.42 Å². The van der Waals surface area contributed by atoms with Gasteiger partial charge in [-0.1, -0.05) is 96.8 Å². The van der Waals surface area contributed by atoms with Gasteiger partial charge in [0.05, 0.1) is 4.90 Å². The molecule has 0 fully saturated rings. The van der Waals surface area contributed by atoms with Crippen LogP contribution in [0.5, 0.6) is 0 Å². The first-order chi connectivity index (χ1) is 18.2. The van der Waals surface area contributed by atoms with Gasteiger partial charge in [-0.15, -0.1) is 0 Å². The lowest BCUT2D eigenvalue weighted by Crippen LogP contribution is -2.33. The Morgan fingerprint density at radius 1 is 0.842 bits per heavy atom. The van der Waals surface area contributed by atoms with E-state index >= 15 is 0 Å². The number of unbranched alkanes of at least 4 members (excludes halogenated alkanes) is 9. The van der Waals surface area contributed by atoms with Crippen molar-refractivity contribution < 1.29 is 13.2 Å². The first-order valence-corrected chi connectivity index (χ1v) is 16.4. The second-order valence-electron chi connectivity index (χ2n) is 11.4. The van der Waals surface area contributed by atoms with Crippen LogP contribution in [0.1, 0.15) is 112 Å². The molecule has 0 atom stereocenters. The van der Waals surface area contributed by atoms with Gasteiger partial charge in [-0.3, -0.25) is 4.79 Å². The Bertz CT molecular complexity index is 1020. The number of nitrogens with one attached hydrogen (secondary N) is 1. The summed E-state index contributed by atoms with van der Waals surface area (Å²) in [5.41, 5.74) is 1.58. The van der Waals surface area contributed by atoms with E-state index < -0.39 is 15.7 Å². The summed E-state index contributed by atoms with van der Waals surface area (Å²) in [5, 5.41) is 2.96. The van der Waals surface area contributed by atoms with E-state index in [4.69, 9.17) is 0 Å². The molecule has 2 rings (SSSR count). The van der Waals surface area contributed by atoms with Crippen molar-refractivity contribution in [3.05, 3.63) is 52.6 Å². The van der Waals surface area contributed by atoms with Crippen LogP contribution >= 0.6 is 0 Å². The predicted molar refractivity (Wildman–Crippen MR) is 160 cm³/mol. The second kappa shape index (κ2) is 16.1. The summed E-state index contributed by atoms with van der Waals surface area (Å²) in [6.45, 7) is 12.9. The third-order valence-corrected chi connectivity index (χ3v) is 9.35. The second-order valence-corrected chi connectivity index (χ2v) is 13.3. The molecule has 1 aliphatic rings. The maximum Gasteiger partial charge on any atom is 0.263 e. The topological polar surface area (TPSA) is 66.5 Å². The number of carbonyl (C=O) groups excluding carboxylic acids is 1. The highest BCUT2D eigenvalue weighted by Gasteiger charge is 2.35. The number of sulfone groups is 1. The first-order valence-electron chi connectivity index (χ1n) is 14.9. The molecular weight excluding hydrogens is 492 g/mol. The molecule has 0 heterocycles. The van der Waals surface area contributed by atoms with E-state index in [0.717, 1.165) is 44.5 Å². The van der Waals surface area contributed by atoms with Crippen LogP contribution in [-0.4, -0.2) is 38.9 Å². The molecule has 1 N–H and O–H groups in total. The molecule has 1 aromatic rings. The molecule has 38 heavy (non-hydrogen) atoms. The van der Waals surface area contributed by atoms with E-state index in [1.165, 1.54) is 44.9 Å². The molecule has 0 radical (unpaired) electrons. The lowest BCUT2D eigenvalue weighted by Gasteiger charge is -2.37. The van der Waals surface area contributed by atoms with Crippen LogP contribution in [0.2, 0.25) is 0 Å². The van der Waals surface area contributed by atoms with Crippen LogP contribution in [0.4, 0.5) is 0 Å². The number of benzene rings is 1. The van der Waals surface area contributed by atoms with Gasteiger partial charge in [0, 0.05) is 25.3 Å². The maximum absolute atomic E-state index is 13.8. The number of nitrogens with zero attached hydrogens (tertiary/aromatic N) is 1. The maximum atomic E-state index is 13.8. The van der Waals surface area contributed by atoms with Crippen molar-refractivity contribution in [1.29, 1.82) is 0 Å². The molecule has 0 aromatic heterocycles. The largest absolute Gasteiger partial charge is 0.375 e. The summed E-state index contributed by atoms with van der Waals surface area (Å²) in [7, 11) is -3.97. The van der Waals surface area contributed by atoms with Gasteiger partial charge in [-0.05, 0) is 62.3 Å². The summed E-state index contributed by atoms with van der Waals surface area (Å²) in [4.78, 5) is 15.9. The molecule has 1 aliphatic carbocycles. The molecule has 5 nitrogen and oxygen atoms in total. The highest BCUT2D eigenvalue weighted by molar-refractivity contribution is 7.96. The van der Waals surface area contributed by atoms with Crippen LogP contribution in [-0.2, 0) is 14.6 Å². The summed E-state index contributed by atoms with van der Waals surface area (Å²) >= 11 is 0. The van der Waals surface area contributed by atoms with Gasteiger partial charge in [-0.2, -0.15) is 0 Å². The van der Waals surface area contributed by atoms with Crippen molar-refractivity contribution in [2.75, 3.05) is 19.6 Å². The van der Waals surface area contributed by atoms with Crippen molar-refractivity contribution >= 4 is 15.7 Å². The fraction of sp³-hybridized carbons (Fsp3) is 0.656. The third-order valence-electron chi connectivity index (χ3n) is 7.48. The number of hydrogen-bond acceptors (Lipinski definition) is 4. The van der Waals surface area contributed by atoms with E-state index in [1.54, 1.807) is 30.3 Å². The summed E-state index contributed by atoms with van der Waals surface area (Å²) < 4.78 is 27.7. The number of carbonyl (C=O) groups is 1. The molecule has 0 spiro atoms. The Morgan fingerprint density at radius 3 is 1.95 bits per heavy atom. The Labute approximate surface area is 233 Å². The lowest BCUT2D eigenvalue weighted by atomic mass is 9.76. The quantitative estimate of drug-likeness (QED) is 0.160. The number of allylic oxidation sites excluding steroid dienone is 3. The average Bonchev–Trinajstić information content (AvgIpc) is 2.87. The van der Waals surface area contributed by atoms with Gasteiger partial charge >= 0.3 is 0 Å². The highest BCUT2D eigenvalue weighted by atomic mass is 32.2. The SMILES string of the molecule is CCCCCCCCCCCCNC(=O)/C(=C1\C=C(N(CC)CC)CC(C)(C)C1)S(=O)(=O)c1ccccc1. The fourth-order valence-corrected chi connectivity index (χ4v) is 6.95. The van der Waals surface area contributed by atoms with Gasteiger partial charge in [0.2, 0.25) is 9.84 Å². The zero-order valence-electron chi connectivity index (χ0n) is 24.7. The van der Waals surface area contributed by atoms with E-state index in [9.17, 15) is 13.2 Å². The van der Waals surface area contributed by atoms with E-state index in [0.29, 0.717) is 18.5 Å². The Hall–Kier alpha value is -2.08. The molecule has 0 bridgehead atoms. The van der Waals surface area contributed by atoms with Crippen LogP contribution in [0, 0.1) is 5.41 Å². The molecule has 214 valence electrons. The predicted octanol–water partition coefficient (Wildman–Crippen LogP) is 7.80. The monoisotopic (exact) mass is 544 g/mol. The molecule has 0 unspecified atom stereocenters. The Kier molecular flexibility index (Phi) is 13.6. The first kappa shape index (κ1) is 32.1. The van der Waals surface area contributed by atoms with Crippen molar-refractivity contribution in [2.45, 2.75) is 117 Å². The number of amides is 1. The molecular formula is C32H52N2O3S. The van der Waals surface area contributed by atoms with Crippen LogP contribution in [0.15, 0.2) is 57.5 Å². The molecule has 0 saturated heterocycles. The number of hydrogen-bond donors (Lipinski definition) is 1. The minimum atomic E-state index is -3.97. The smallest absolute Gasteiger partial charge is 0.263 e. The van der Waals surface area contributed by atoms with Crippen LogP contribution < -0.4 is 5.32 Å².